The van der Waals surface area contributed by atoms with Gasteiger partial charge in [0.1, 0.15) is 6.61 Å². The summed E-state index contributed by atoms with van der Waals surface area (Å²) in [5.74, 6) is 1.71. The monoisotopic (exact) mass is 452 g/mol. The van der Waals surface area contributed by atoms with Crippen LogP contribution in [0, 0.1) is 0 Å². The van der Waals surface area contributed by atoms with E-state index in [1.165, 1.54) is 0 Å². The second kappa shape index (κ2) is 11.0. The van der Waals surface area contributed by atoms with Gasteiger partial charge in [-0.05, 0) is 42.3 Å². The fourth-order valence-corrected chi connectivity index (χ4v) is 3.57. The molecule has 32 heavy (non-hydrogen) atoms. The standard InChI is InChI=1S/C25H25ClN2O4/c26-21-10-7-19(8-11-21)9-12-24(29)28-14-15-30-16-17-31-22-5-1-2-6-23(22)32-25-20(18-28)4-3-13-27-25/h1-8,10-11,13H,9,12,14-18H2. The zero-order chi connectivity index (χ0) is 22.2. The normalized spacial score (nSPS) is 14.5. The molecule has 2 heterocycles. The Bertz CT molecular complexity index is 1040. The van der Waals surface area contributed by atoms with Crippen LogP contribution in [0.15, 0.2) is 66.9 Å². The molecule has 0 bridgehead atoms. The van der Waals surface area contributed by atoms with Crippen molar-refractivity contribution in [3.05, 3.63) is 83.0 Å². The van der Waals surface area contributed by atoms with Crippen molar-refractivity contribution in [2.75, 3.05) is 26.4 Å². The minimum Gasteiger partial charge on any atom is -0.487 e. The van der Waals surface area contributed by atoms with Gasteiger partial charge < -0.3 is 19.1 Å². The van der Waals surface area contributed by atoms with Gasteiger partial charge in [-0.2, -0.15) is 0 Å². The molecule has 0 N–H and O–H groups in total. The average Bonchev–Trinajstić information content (AvgIpc) is 2.83. The topological polar surface area (TPSA) is 60.9 Å². The molecule has 0 atom stereocenters. The summed E-state index contributed by atoms with van der Waals surface area (Å²) in [6.45, 7) is 2.09. The minimum atomic E-state index is 0.0462. The van der Waals surface area contributed by atoms with Crippen LogP contribution in [-0.4, -0.2) is 42.2 Å². The molecule has 6 nitrogen and oxygen atoms in total. The first-order valence-corrected chi connectivity index (χ1v) is 11.0. The highest BCUT2D eigenvalue weighted by Gasteiger charge is 2.18. The van der Waals surface area contributed by atoms with Crippen molar-refractivity contribution in [1.82, 2.24) is 9.88 Å². The van der Waals surface area contributed by atoms with Crippen LogP contribution in [0.5, 0.6) is 17.4 Å². The SMILES string of the molecule is O=C(CCc1ccc(Cl)cc1)N1CCOCCOc2ccccc2Oc2ncccc2C1. The van der Waals surface area contributed by atoms with Gasteiger partial charge in [0.05, 0.1) is 19.8 Å². The van der Waals surface area contributed by atoms with Gasteiger partial charge in [-0.1, -0.05) is 41.9 Å². The lowest BCUT2D eigenvalue weighted by molar-refractivity contribution is -0.132. The zero-order valence-corrected chi connectivity index (χ0v) is 18.5. The summed E-state index contributed by atoms with van der Waals surface area (Å²) >= 11 is 5.96. The van der Waals surface area contributed by atoms with Crippen LogP contribution in [0.1, 0.15) is 17.5 Å². The van der Waals surface area contributed by atoms with Crippen LogP contribution in [0.25, 0.3) is 0 Å². The van der Waals surface area contributed by atoms with Crippen molar-refractivity contribution >= 4 is 17.5 Å². The van der Waals surface area contributed by atoms with Crippen LogP contribution >= 0.6 is 11.6 Å². The summed E-state index contributed by atoms with van der Waals surface area (Å²) in [4.78, 5) is 19.3. The third-order valence-electron chi connectivity index (χ3n) is 5.15. The molecule has 1 aliphatic heterocycles. The van der Waals surface area contributed by atoms with Crippen LogP contribution in [0.4, 0.5) is 0 Å². The second-order valence-electron chi connectivity index (χ2n) is 7.42. The number of aromatic nitrogens is 1. The molecular formula is C25H25ClN2O4. The molecule has 1 amide bonds. The van der Waals surface area contributed by atoms with Crippen molar-refractivity contribution in [1.29, 1.82) is 0 Å². The maximum Gasteiger partial charge on any atom is 0.224 e. The van der Waals surface area contributed by atoms with Crippen molar-refractivity contribution in [2.24, 2.45) is 0 Å². The number of pyridine rings is 1. The number of benzene rings is 2. The predicted molar refractivity (Wildman–Crippen MR) is 122 cm³/mol. The van der Waals surface area contributed by atoms with Crippen molar-refractivity contribution in [3.8, 4) is 17.4 Å². The van der Waals surface area contributed by atoms with Gasteiger partial charge in [-0.15, -0.1) is 0 Å². The summed E-state index contributed by atoms with van der Waals surface area (Å²) in [5, 5.41) is 0.686. The average molecular weight is 453 g/mol. The van der Waals surface area contributed by atoms with E-state index in [-0.39, 0.29) is 5.91 Å². The Kier molecular flexibility index (Phi) is 7.59. The van der Waals surface area contributed by atoms with Crippen LogP contribution < -0.4 is 9.47 Å². The third kappa shape index (κ3) is 5.99. The molecule has 0 fully saturated rings. The molecular weight excluding hydrogens is 428 g/mol. The summed E-state index contributed by atoms with van der Waals surface area (Å²) < 4.78 is 17.6. The van der Waals surface area contributed by atoms with Crippen molar-refractivity contribution in [2.45, 2.75) is 19.4 Å². The number of halogens is 1. The lowest BCUT2D eigenvalue weighted by Gasteiger charge is -2.23. The summed E-state index contributed by atoms with van der Waals surface area (Å²) in [7, 11) is 0. The number of hydrogen-bond donors (Lipinski definition) is 0. The molecule has 7 heteroatoms. The van der Waals surface area contributed by atoms with Crippen LogP contribution in [0.2, 0.25) is 5.02 Å². The quantitative estimate of drug-likeness (QED) is 0.565. The number of nitrogens with zero attached hydrogens (tertiary/aromatic N) is 2. The van der Waals surface area contributed by atoms with Gasteiger partial charge >= 0.3 is 0 Å². The van der Waals surface area contributed by atoms with E-state index in [2.05, 4.69) is 4.98 Å². The Hall–Kier alpha value is -3.09. The smallest absolute Gasteiger partial charge is 0.224 e. The van der Waals surface area contributed by atoms with Gasteiger partial charge in [0.15, 0.2) is 11.5 Å². The maximum atomic E-state index is 13.1. The Morgan fingerprint density at radius 1 is 0.969 bits per heavy atom. The molecule has 1 aromatic heterocycles. The number of para-hydroxylation sites is 2. The van der Waals surface area contributed by atoms with Gasteiger partial charge in [0.25, 0.3) is 0 Å². The first-order chi connectivity index (χ1) is 15.7. The van der Waals surface area contributed by atoms with E-state index < -0.39 is 0 Å². The van der Waals surface area contributed by atoms with E-state index in [1.54, 1.807) is 11.1 Å². The largest absolute Gasteiger partial charge is 0.487 e. The Labute approximate surface area is 192 Å². The van der Waals surface area contributed by atoms with E-state index in [0.29, 0.717) is 68.2 Å². The van der Waals surface area contributed by atoms with Gasteiger partial charge in [0.2, 0.25) is 11.8 Å². The summed E-state index contributed by atoms with van der Waals surface area (Å²) in [6.07, 6.45) is 2.71. The molecule has 0 saturated heterocycles. The highest BCUT2D eigenvalue weighted by atomic mass is 35.5. The number of rotatable bonds is 3. The van der Waals surface area contributed by atoms with E-state index >= 15 is 0 Å². The second-order valence-corrected chi connectivity index (χ2v) is 7.86. The first-order valence-electron chi connectivity index (χ1n) is 10.6. The lowest BCUT2D eigenvalue weighted by atomic mass is 10.1. The Morgan fingerprint density at radius 3 is 2.62 bits per heavy atom. The number of ether oxygens (including phenoxy) is 3. The van der Waals surface area contributed by atoms with Gasteiger partial charge in [-0.3, -0.25) is 4.79 Å². The number of fused-ring (bicyclic) bond motifs is 2. The summed E-state index contributed by atoms with van der Waals surface area (Å²) in [5.41, 5.74) is 1.89. The molecule has 2 aromatic carbocycles. The molecule has 0 aliphatic carbocycles. The van der Waals surface area contributed by atoms with Crippen molar-refractivity contribution < 1.29 is 19.0 Å². The number of hydrogen-bond acceptors (Lipinski definition) is 5. The Balaban J connectivity index is 1.52. The number of carbonyl (C=O) groups is 1. The molecule has 3 aromatic rings. The first kappa shape index (κ1) is 22.1. The highest BCUT2D eigenvalue weighted by Crippen LogP contribution is 2.32. The fraction of sp³-hybridized carbons (Fsp3) is 0.280. The van der Waals surface area contributed by atoms with E-state index in [4.69, 9.17) is 25.8 Å². The molecule has 4 rings (SSSR count). The number of amides is 1. The minimum absolute atomic E-state index is 0.0462. The van der Waals surface area contributed by atoms with Gasteiger partial charge in [-0.25, -0.2) is 4.98 Å². The zero-order valence-electron chi connectivity index (χ0n) is 17.7. The van der Waals surface area contributed by atoms with E-state index in [0.717, 1.165) is 11.1 Å². The third-order valence-corrected chi connectivity index (χ3v) is 5.40. The molecule has 166 valence electrons. The lowest BCUT2D eigenvalue weighted by Crippen LogP contribution is -2.34. The molecule has 0 unspecified atom stereocenters. The predicted octanol–water partition coefficient (Wildman–Crippen LogP) is 4.90. The number of aryl methyl sites for hydroxylation is 1. The fourth-order valence-electron chi connectivity index (χ4n) is 3.44. The van der Waals surface area contributed by atoms with Crippen LogP contribution in [-0.2, 0) is 22.5 Å². The summed E-state index contributed by atoms with van der Waals surface area (Å²) in [6, 6.07) is 18.8. The molecule has 1 aliphatic rings. The van der Waals surface area contributed by atoms with E-state index in [1.807, 2.05) is 60.7 Å². The molecule has 0 saturated carbocycles. The number of carbonyl (C=O) groups excluding carboxylic acids is 1. The highest BCUT2D eigenvalue weighted by molar-refractivity contribution is 6.30. The van der Waals surface area contributed by atoms with E-state index in [9.17, 15) is 4.79 Å². The van der Waals surface area contributed by atoms with Crippen molar-refractivity contribution in [3.63, 3.8) is 0 Å². The van der Waals surface area contributed by atoms with Crippen LogP contribution in [0.3, 0.4) is 0 Å². The van der Waals surface area contributed by atoms with Gasteiger partial charge in [0, 0.05) is 29.7 Å². The molecule has 0 spiro atoms. The Morgan fingerprint density at radius 2 is 1.78 bits per heavy atom. The maximum absolute atomic E-state index is 13.1. The molecule has 0 radical (unpaired) electrons.